The third kappa shape index (κ3) is 16.0. The molecule has 0 bridgehead atoms. The SMILES string of the molecule is C=CC.CC.CC(C)CN.Cc1ccc(OCC(=O)N2CCC(OC3CCN(CC(=O)NC4CCCCC4)CC3)CC2)cc1N1CCC(=O)NC1=O. The van der Waals surface area contributed by atoms with E-state index in [9.17, 15) is 19.2 Å². The van der Waals surface area contributed by atoms with E-state index >= 15 is 0 Å². The molecule has 52 heavy (non-hydrogen) atoms. The van der Waals surface area contributed by atoms with Crippen molar-refractivity contribution in [2.45, 2.75) is 124 Å². The minimum absolute atomic E-state index is 0.0725. The Morgan fingerprint density at radius 1 is 0.981 bits per heavy atom. The zero-order chi connectivity index (χ0) is 38.5. The number of aryl methyl sites for hydroxylation is 1. The molecule has 4 N–H and O–H groups in total. The van der Waals surface area contributed by atoms with Gasteiger partial charge in [0.15, 0.2) is 6.61 Å². The first kappa shape index (κ1) is 44.7. The lowest BCUT2D eigenvalue weighted by Gasteiger charge is -2.37. The van der Waals surface area contributed by atoms with Gasteiger partial charge in [0.25, 0.3) is 5.91 Å². The molecule has 1 aliphatic carbocycles. The van der Waals surface area contributed by atoms with Gasteiger partial charge in [0.2, 0.25) is 11.8 Å². The third-order valence-corrected chi connectivity index (χ3v) is 9.41. The first-order valence-corrected chi connectivity index (χ1v) is 19.6. The van der Waals surface area contributed by atoms with E-state index in [2.05, 4.69) is 36.0 Å². The molecule has 0 spiro atoms. The highest BCUT2D eigenvalue weighted by molar-refractivity contribution is 6.06. The summed E-state index contributed by atoms with van der Waals surface area (Å²) in [5.74, 6) is 0.964. The predicted molar refractivity (Wildman–Crippen MR) is 208 cm³/mol. The van der Waals surface area contributed by atoms with Gasteiger partial charge in [0, 0.05) is 51.3 Å². The number of nitrogens with one attached hydrogen (secondary N) is 2. The number of nitrogens with zero attached hydrogens (tertiary/aromatic N) is 3. The Kier molecular flexibility index (Phi) is 21.2. The van der Waals surface area contributed by atoms with Crippen molar-refractivity contribution in [3.8, 4) is 5.75 Å². The van der Waals surface area contributed by atoms with Gasteiger partial charge in [0.1, 0.15) is 5.75 Å². The lowest BCUT2D eigenvalue weighted by Crippen LogP contribution is -2.49. The molecule has 294 valence electrons. The van der Waals surface area contributed by atoms with Gasteiger partial charge in [-0.3, -0.25) is 29.5 Å². The van der Waals surface area contributed by atoms with Gasteiger partial charge in [-0.15, -0.1) is 6.58 Å². The summed E-state index contributed by atoms with van der Waals surface area (Å²) in [5, 5.41) is 5.55. The molecule has 0 aromatic heterocycles. The fourth-order valence-corrected chi connectivity index (χ4v) is 6.44. The average molecular weight is 729 g/mol. The van der Waals surface area contributed by atoms with E-state index in [1.54, 1.807) is 18.2 Å². The van der Waals surface area contributed by atoms with Gasteiger partial charge >= 0.3 is 6.03 Å². The highest BCUT2D eigenvalue weighted by Gasteiger charge is 2.29. The number of ether oxygens (including phenoxy) is 2. The number of amides is 5. The number of carbonyl (C=O) groups is 4. The Morgan fingerprint density at radius 2 is 1.56 bits per heavy atom. The number of carbonyl (C=O) groups excluding carboxylic acids is 4. The fraction of sp³-hybridized carbons (Fsp3) is 0.700. The smallest absolute Gasteiger partial charge is 0.328 e. The van der Waals surface area contributed by atoms with Crippen LogP contribution in [-0.4, -0.2) is 104 Å². The van der Waals surface area contributed by atoms with Crippen LogP contribution in [0.4, 0.5) is 10.5 Å². The molecule has 12 heteroatoms. The van der Waals surface area contributed by atoms with Gasteiger partial charge < -0.3 is 25.4 Å². The number of benzene rings is 1. The Hall–Kier alpha value is -3.48. The minimum Gasteiger partial charge on any atom is -0.484 e. The van der Waals surface area contributed by atoms with E-state index in [0.29, 0.717) is 49.6 Å². The van der Waals surface area contributed by atoms with Gasteiger partial charge in [-0.25, -0.2) is 4.79 Å². The molecule has 5 amide bonds. The number of anilines is 1. The summed E-state index contributed by atoms with van der Waals surface area (Å²) in [6.07, 6.45) is 11.7. The Bertz CT molecular complexity index is 1240. The zero-order valence-corrected chi connectivity index (χ0v) is 32.9. The van der Waals surface area contributed by atoms with Gasteiger partial charge in [-0.05, 0) is 76.5 Å². The van der Waals surface area contributed by atoms with Crippen molar-refractivity contribution in [2.24, 2.45) is 11.7 Å². The number of nitrogens with two attached hydrogens (primary N) is 1. The molecular weight excluding hydrogens is 660 g/mol. The second-order valence-corrected chi connectivity index (χ2v) is 14.1. The van der Waals surface area contributed by atoms with Crippen molar-refractivity contribution in [2.75, 3.05) is 57.3 Å². The maximum atomic E-state index is 12.9. The van der Waals surface area contributed by atoms with Crippen LogP contribution in [0, 0.1) is 12.8 Å². The summed E-state index contributed by atoms with van der Waals surface area (Å²) in [7, 11) is 0. The molecule has 4 aliphatic rings. The number of likely N-dealkylation sites (tertiary alicyclic amines) is 2. The summed E-state index contributed by atoms with van der Waals surface area (Å²) < 4.78 is 12.2. The largest absolute Gasteiger partial charge is 0.484 e. The third-order valence-electron chi connectivity index (χ3n) is 9.41. The number of rotatable bonds is 10. The molecular formula is C40H68N6O6. The Morgan fingerprint density at radius 3 is 2.12 bits per heavy atom. The predicted octanol–water partition coefficient (Wildman–Crippen LogP) is 5.56. The standard InChI is InChI=1S/C31H45N5O6.C4H11N.C3H6.C2H6/c1-22-7-8-26(19-27(22)36-18-13-28(37)33-31(36)40)41-21-30(39)35-16-11-25(12-17-35)42-24-9-14-34(15-10-24)20-29(38)32-23-5-3-2-4-6-23;1-4(2)3-5;1-3-2;1-2/h7-8,19,23-25H,2-6,9-18,20-21H2,1H3,(H,32,38)(H,33,37,40);4H,3,5H2,1-2H3;3H,1H2,2H3;1-2H3. The highest BCUT2D eigenvalue weighted by Crippen LogP contribution is 2.28. The Labute approximate surface area is 313 Å². The Balaban J connectivity index is 0.000000838. The van der Waals surface area contributed by atoms with Crippen LogP contribution in [-0.2, 0) is 19.1 Å². The van der Waals surface area contributed by atoms with Crippen molar-refractivity contribution in [3.63, 3.8) is 0 Å². The van der Waals surface area contributed by atoms with Crippen LogP contribution in [0.2, 0.25) is 0 Å². The van der Waals surface area contributed by atoms with Crippen molar-refractivity contribution in [1.29, 1.82) is 0 Å². The van der Waals surface area contributed by atoms with Crippen LogP contribution in [0.25, 0.3) is 0 Å². The number of hydrogen-bond acceptors (Lipinski definition) is 8. The molecule has 5 rings (SSSR count). The molecule has 3 aliphatic heterocycles. The second kappa shape index (κ2) is 24.7. The number of imide groups is 1. The highest BCUT2D eigenvalue weighted by atomic mass is 16.5. The summed E-state index contributed by atoms with van der Waals surface area (Å²) in [4.78, 5) is 54.7. The molecule has 1 aromatic carbocycles. The van der Waals surface area contributed by atoms with Crippen molar-refractivity contribution < 1.29 is 28.7 Å². The van der Waals surface area contributed by atoms with Crippen molar-refractivity contribution >= 4 is 29.4 Å². The maximum Gasteiger partial charge on any atom is 0.328 e. The molecule has 1 aromatic rings. The molecule has 1 saturated carbocycles. The first-order valence-electron chi connectivity index (χ1n) is 19.6. The van der Waals surface area contributed by atoms with E-state index in [1.807, 2.05) is 38.7 Å². The van der Waals surface area contributed by atoms with Crippen LogP contribution >= 0.6 is 0 Å². The molecule has 3 saturated heterocycles. The zero-order valence-electron chi connectivity index (χ0n) is 32.9. The molecule has 0 unspecified atom stereocenters. The fourth-order valence-electron chi connectivity index (χ4n) is 6.44. The average Bonchev–Trinajstić information content (AvgIpc) is 3.14. The minimum atomic E-state index is -0.449. The summed E-state index contributed by atoms with van der Waals surface area (Å²) in [6, 6.07) is 5.28. The molecule has 3 heterocycles. The quantitative estimate of drug-likeness (QED) is 0.266. The van der Waals surface area contributed by atoms with E-state index in [-0.39, 0.29) is 43.0 Å². The van der Waals surface area contributed by atoms with Crippen molar-refractivity contribution in [3.05, 3.63) is 36.4 Å². The normalized spacial score (nSPS) is 18.8. The summed E-state index contributed by atoms with van der Waals surface area (Å²) >= 11 is 0. The van der Waals surface area contributed by atoms with Crippen LogP contribution in [0.3, 0.4) is 0 Å². The number of allylic oxidation sites excluding steroid dienone is 1. The van der Waals surface area contributed by atoms with Crippen LogP contribution in [0.1, 0.15) is 104 Å². The number of urea groups is 1. The van der Waals surface area contributed by atoms with Crippen molar-refractivity contribution in [1.82, 2.24) is 20.4 Å². The molecule has 0 atom stereocenters. The van der Waals surface area contributed by atoms with Gasteiger partial charge in [-0.2, -0.15) is 0 Å². The molecule has 0 radical (unpaired) electrons. The molecule has 4 fully saturated rings. The van der Waals surface area contributed by atoms with E-state index in [1.165, 1.54) is 24.2 Å². The van der Waals surface area contributed by atoms with Crippen LogP contribution < -0.4 is 26.0 Å². The topological polar surface area (TPSA) is 147 Å². The van der Waals surface area contributed by atoms with E-state index in [0.717, 1.165) is 63.7 Å². The summed E-state index contributed by atoms with van der Waals surface area (Å²) in [5.41, 5.74) is 6.72. The van der Waals surface area contributed by atoms with Gasteiger partial charge in [0.05, 0.1) is 24.4 Å². The van der Waals surface area contributed by atoms with Gasteiger partial charge in [-0.1, -0.05) is 59.1 Å². The lowest BCUT2D eigenvalue weighted by molar-refractivity contribution is -0.137. The number of hydrogen-bond donors (Lipinski definition) is 3. The van der Waals surface area contributed by atoms with Crippen LogP contribution in [0.15, 0.2) is 30.9 Å². The van der Waals surface area contributed by atoms with E-state index < -0.39 is 6.03 Å². The molecule has 12 nitrogen and oxygen atoms in total. The summed E-state index contributed by atoms with van der Waals surface area (Å²) in [6.45, 7) is 19.9. The number of piperidine rings is 2. The maximum absolute atomic E-state index is 12.9. The van der Waals surface area contributed by atoms with E-state index in [4.69, 9.17) is 15.2 Å². The first-order chi connectivity index (χ1) is 25.0. The van der Waals surface area contributed by atoms with Crippen LogP contribution in [0.5, 0.6) is 5.75 Å². The lowest BCUT2D eigenvalue weighted by atomic mass is 9.95. The second-order valence-electron chi connectivity index (χ2n) is 14.1. The monoisotopic (exact) mass is 729 g/mol.